The topological polar surface area (TPSA) is 59.0 Å². The molecule has 0 saturated carbocycles. The van der Waals surface area contributed by atoms with Crippen LogP contribution in [0.2, 0.25) is 0 Å². The van der Waals surface area contributed by atoms with Crippen LogP contribution in [0.4, 0.5) is 0 Å². The molecule has 6 heteroatoms. The van der Waals surface area contributed by atoms with Crippen molar-refractivity contribution >= 4 is 17.3 Å². The Hall–Kier alpha value is -1.11. The van der Waals surface area contributed by atoms with Gasteiger partial charge < -0.3 is 19.5 Å². The van der Waals surface area contributed by atoms with Crippen molar-refractivity contribution in [3.8, 4) is 5.75 Å². The third-order valence-corrected chi connectivity index (χ3v) is 3.46. The van der Waals surface area contributed by atoms with Crippen LogP contribution in [0, 0.1) is 0 Å². The lowest BCUT2D eigenvalue weighted by molar-refractivity contribution is -0.0402. The van der Waals surface area contributed by atoms with Gasteiger partial charge in [-0.25, -0.2) is 4.79 Å². The van der Waals surface area contributed by atoms with Crippen LogP contribution in [0.15, 0.2) is 11.4 Å². The van der Waals surface area contributed by atoms with Gasteiger partial charge in [0.15, 0.2) is 0 Å². The van der Waals surface area contributed by atoms with E-state index in [1.54, 1.807) is 11.4 Å². The van der Waals surface area contributed by atoms with E-state index in [0.717, 1.165) is 13.1 Å². The summed E-state index contributed by atoms with van der Waals surface area (Å²) in [6.07, 6.45) is 0.0573. The Kier molecular flexibility index (Phi) is 3.98. The van der Waals surface area contributed by atoms with Crippen LogP contribution in [-0.4, -0.2) is 55.4 Å². The van der Waals surface area contributed by atoms with Crippen LogP contribution in [-0.2, 0) is 4.74 Å². The molecule has 1 aliphatic rings. The van der Waals surface area contributed by atoms with Crippen molar-refractivity contribution in [2.45, 2.75) is 6.10 Å². The van der Waals surface area contributed by atoms with Gasteiger partial charge in [0.25, 0.3) is 0 Å². The third kappa shape index (κ3) is 3.42. The van der Waals surface area contributed by atoms with E-state index < -0.39 is 5.97 Å². The molecule has 0 amide bonds. The molecule has 1 aromatic rings. The first-order valence-corrected chi connectivity index (χ1v) is 6.28. The fourth-order valence-corrected chi connectivity index (χ4v) is 2.33. The third-order valence-electron chi connectivity index (χ3n) is 2.56. The first-order chi connectivity index (χ1) is 8.15. The van der Waals surface area contributed by atoms with E-state index in [4.69, 9.17) is 14.6 Å². The molecule has 1 saturated heterocycles. The summed E-state index contributed by atoms with van der Waals surface area (Å²) in [7, 11) is 2.04. The number of thiophene rings is 1. The van der Waals surface area contributed by atoms with Gasteiger partial charge >= 0.3 is 5.97 Å². The number of carbonyl (C=O) groups is 1. The number of aromatic carboxylic acids is 1. The lowest BCUT2D eigenvalue weighted by atomic mass is 10.3. The molecular weight excluding hydrogens is 242 g/mol. The largest absolute Gasteiger partial charge is 0.490 e. The fraction of sp³-hybridized carbons (Fsp3) is 0.545. The van der Waals surface area contributed by atoms with Gasteiger partial charge in [0.05, 0.1) is 6.61 Å². The summed E-state index contributed by atoms with van der Waals surface area (Å²) in [6, 6.07) is 1.54. The smallest absolute Gasteiger partial charge is 0.346 e. The van der Waals surface area contributed by atoms with Gasteiger partial charge in [-0.05, 0) is 7.05 Å². The summed E-state index contributed by atoms with van der Waals surface area (Å²) in [5.74, 6) is -0.317. The molecule has 0 bridgehead atoms. The highest BCUT2D eigenvalue weighted by molar-refractivity contribution is 7.12. The van der Waals surface area contributed by atoms with Crippen molar-refractivity contribution in [1.29, 1.82) is 0 Å². The first kappa shape index (κ1) is 12.3. The van der Waals surface area contributed by atoms with Crippen LogP contribution in [0.5, 0.6) is 5.75 Å². The second kappa shape index (κ2) is 5.48. The average molecular weight is 257 g/mol. The van der Waals surface area contributed by atoms with Crippen molar-refractivity contribution in [1.82, 2.24) is 4.90 Å². The van der Waals surface area contributed by atoms with Crippen molar-refractivity contribution in [2.24, 2.45) is 0 Å². The number of rotatable bonds is 4. The van der Waals surface area contributed by atoms with Crippen molar-refractivity contribution < 1.29 is 19.4 Å². The summed E-state index contributed by atoms with van der Waals surface area (Å²) >= 11 is 1.17. The summed E-state index contributed by atoms with van der Waals surface area (Å²) in [4.78, 5) is 13.2. The van der Waals surface area contributed by atoms with Crippen LogP contribution in [0.25, 0.3) is 0 Å². The normalized spacial score (nSPS) is 21.4. The lowest BCUT2D eigenvalue weighted by Gasteiger charge is -2.29. The average Bonchev–Trinajstić information content (AvgIpc) is 2.75. The van der Waals surface area contributed by atoms with E-state index in [2.05, 4.69) is 4.90 Å². The molecule has 1 fully saturated rings. The molecule has 0 aromatic carbocycles. The maximum atomic E-state index is 10.7. The number of hydrogen-bond acceptors (Lipinski definition) is 5. The van der Waals surface area contributed by atoms with E-state index in [1.165, 1.54) is 11.3 Å². The molecule has 2 rings (SSSR count). The van der Waals surface area contributed by atoms with E-state index in [-0.39, 0.29) is 6.10 Å². The van der Waals surface area contributed by atoms with Gasteiger partial charge in [-0.2, -0.15) is 0 Å². The minimum absolute atomic E-state index is 0.0573. The van der Waals surface area contributed by atoms with E-state index in [0.29, 0.717) is 23.8 Å². The quantitative estimate of drug-likeness (QED) is 0.877. The number of hydrogen-bond donors (Lipinski definition) is 1. The molecule has 1 unspecified atom stereocenters. The summed E-state index contributed by atoms with van der Waals surface area (Å²) in [5.41, 5.74) is 0. The Morgan fingerprint density at radius 1 is 1.76 bits per heavy atom. The number of likely N-dealkylation sites (N-methyl/N-ethyl adjacent to an activating group) is 1. The maximum Gasteiger partial charge on any atom is 0.346 e. The first-order valence-electron chi connectivity index (χ1n) is 5.40. The zero-order valence-corrected chi connectivity index (χ0v) is 10.4. The molecule has 0 radical (unpaired) electrons. The van der Waals surface area contributed by atoms with Crippen molar-refractivity contribution in [2.75, 3.05) is 33.4 Å². The Bertz CT molecular complexity index is 393. The maximum absolute atomic E-state index is 10.7. The number of morpholine rings is 1. The van der Waals surface area contributed by atoms with Crippen molar-refractivity contribution in [3.05, 3.63) is 16.3 Å². The zero-order chi connectivity index (χ0) is 12.3. The number of nitrogens with zero attached hydrogens (tertiary/aromatic N) is 1. The highest BCUT2D eigenvalue weighted by Crippen LogP contribution is 2.21. The Morgan fingerprint density at radius 3 is 3.24 bits per heavy atom. The molecule has 0 spiro atoms. The van der Waals surface area contributed by atoms with Crippen LogP contribution in [0.3, 0.4) is 0 Å². The molecule has 1 atom stereocenters. The van der Waals surface area contributed by atoms with Gasteiger partial charge in [-0.15, -0.1) is 11.3 Å². The predicted molar refractivity (Wildman–Crippen MR) is 64.0 cm³/mol. The molecule has 94 valence electrons. The summed E-state index contributed by atoms with van der Waals surface area (Å²) in [5, 5.41) is 10.5. The summed E-state index contributed by atoms with van der Waals surface area (Å²) in [6.45, 7) is 2.96. The number of ether oxygens (including phenoxy) is 2. The number of carboxylic acids is 1. The SMILES string of the molecule is CN1CCOC(COc2csc(C(=O)O)c2)C1. The minimum atomic E-state index is -0.918. The lowest BCUT2D eigenvalue weighted by Crippen LogP contribution is -2.42. The molecule has 1 N–H and O–H groups in total. The van der Waals surface area contributed by atoms with Gasteiger partial charge in [-0.1, -0.05) is 0 Å². The molecule has 0 aliphatic carbocycles. The second-order valence-corrected chi connectivity index (χ2v) is 4.93. The highest BCUT2D eigenvalue weighted by Gasteiger charge is 2.18. The monoisotopic (exact) mass is 257 g/mol. The highest BCUT2D eigenvalue weighted by atomic mass is 32.1. The van der Waals surface area contributed by atoms with Crippen molar-refractivity contribution in [3.63, 3.8) is 0 Å². The molecule has 1 aromatic heterocycles. The molecule has 2 heterocycles. The molecule has 1 aliphatic heterocycles. The Labute approximate surface area is 104 Å². The minimum Gasteiger partial charge on any atom is -0.490 e. The van der Waals surface area contributed by atoms with Crippen LogP contribution in [0.1, 0.15) is 9.67 Å². The van der Waals surface area contributed by atoms with Crippen LogP contribution < -0.4 is 4.74 Å². The fourth-order valence-electron chi connectivity index (χ4n) is 1.66. The number of carboxylic acid groups (broad SMARTS) is 1. The van der Waals surface area contributed by atoms with Gasteiger partial charge in [0, 0.05) is 24.5 Å². The standard InChI is InChI=1S/C11H15NO4S/c1-12-2-3-15-9(5-12)6-16-8-4-10(11(13)14)17-7-8/h4,7,9H,2-3,5-6H2,1H3,(H,13,14). The Balaban J connectivity index is 1.82. The molecular formula is C11H15NO4S. The van der Waals surface area contributed by atoms with Gasteiger partial charge in [0.1, 0.15) is 23.3 Å². The Morgan fingerprint density at radius 2 is 2.59 bits per heavy atom. The predicted octanol–water partition coefficient (Wildman–Crippen LogP) is 1.16. The van der Waals surface area contributed by atoms with E-state index >= 15 is 0 Å². The van der Waals surface area contributed by atoms with Crippen LogP contribution >= 0.6 is 11.3 Å². The van der Waals surface area contributed by atoms with E-state index in [9.17, 15) is 4.79 Å². The van der Waals surface area contributed by atoms with Gasteiger partial charge in [-0.3, -0.25) is 0 Å². The van der Waals surface area contributed by atoms with E-state index in [1.807, 2.05) is 7.05 Å². The van der Waals surface area contributed by atoms with Gasteiger partial charge in [0.2, 0.25) is 0 Å². The zero-order valence-electron chi connectivity index (χ0n) is 9.59. The summed E-state index contributed by atoms with van der Waals surface area (Å²) < 4.78 is 11.1. The molecule has 5 nitrogen and oxygen atoms in total. The second-order valence-electron chi connectivity index (χ2n) is 4.02. The molecule has 17 heavy (non-hydrogen) atoms.